The molecule has 1 aliphatic rings. The third kappa shape index (κ3) is 5.62. The number of hydrogen-bond donors (Lipinski definition) is 0. The lowest BCUT2D eigenvalue weighted by molar-refractivity contribution is 0.0456. The third-order valence-corrected chi connectivity index (χ3v) is 3.82. The van der Waals surface area contributed by atoms with Gasteiger partial charge < -0.3 is 28.6 Å². The van der Waals surface area contributed by atoms with E-state index < -0.39 is 0 Å². The summed E-state index contributed by atoms with van der Waals surface area (Å²) in [6, 6.07) is 5.67. The van der Waals surface area contributed by atoms with E-state index in [4.69, 9.17) is 35.9 Å². The summed E-state index contributed by atoms with van der Waals surface area (Å²) < 4.78 is 26.4. The van der Waals surface area contributed by atoms with Gasteiger partial charge in [0.15, 0.2) is 13.6 Å². The first kappa shape index (κ1) is 17.9. The Labute approximate surface area is 142 Å². The van der Waals surface area contributed by atoms with Gasteiger partial charge >= 0.3 is 0 Å². The molecule has 0 bridgehead atoms. The average molecular weight is 341 g/mol. The number of benzene rings is 1. The molecular weight excluding hydrogens is 318 g/mol. The fourth-order valence-corrected chi connectivity index (χ4v) is 2.58. The topological polar surface area (TPSA) is 49.4 Å². The summed E-state index contributed by atoms with van der Waals surface area (Å²) >= 11 is 5.56. The van der Waals surface area contributed by atoms with Gasteiger partial charge in [0.05, 0.1) is 18.2 Å². The highest BCUT2D eigenvalue weighted by atomic mass is 32.1. The van der Waals surface area contributed by atoms with Crippen molar-refractivity contribution in [3.63, 3.8) is 0 Å². The smallest absolute Gasteiger partial charge is 0.188 e. The van der Waals surface area contributed by atoms with Crippen LogP contribution in [0.5, 0.6) is 11.5 Å². The Kier molecular flexibility index (Phi) is 7.54. The van der Waals surface area contributed by atoms with E-state index in [1.54, 1.807) is 14.2 Å². The Morgan fingerprint density at radius 3 is 2.52 bits per heavy atom. The Balaban J connectivity index is 2.06. The Morgan fingerprint density at radius 2 is 1.83 bits per heavy atom. The van der Waals surface area contributed by atoms with Crippen LogP contribution in [-0.4, -0.2) is 64.0 Å². The lowest BCUT2D eigenvalue weighted by Gasteiger charge is -2.29. The van der Waals surface area contributed by atoms with E-state index in [9.17, 15) is 0 Å². The van der Waals surface area contributed by atoms with Crippen molar-refractivity contribution in [3.05, 3.63) is 23.8 Å². The van der Waals surface area contributed by atoms with E-state index in [0.717, 1.165) is 36.9 Å². The summed E-state index contributed by atoms with van der Waals surface area (Å²) in [7, 11) is 3.17. The number of morpholine rings is 1. The van der Waals surface area contributed by atoms with Crippen LogP contribution < -0.4 is 9.47 Å². The summed E-state index contributed by atoms with van der Waals surface area (Å²) in [5, 5.41) is 0. The Morgan fingerprint density at radius 1 is 1.13 bits per heavy atom. The van der Waals surface area contributed by atoms with Crippen molar-refractivity contribution < 1.29 is 23.7 Å². The average Bonchev–Trinajstić information content (AvgIpc) is 2.60. The number of thiocarbonyl (C=S) groups is 1. The molecule has 1 heterocycles. The quantitative estimate of drug-likeness (QED) is 0.528. The molecule has 1 saturated heterocycles. The molecule has 1 aliphatic heterocycles. The molecule has 6 nitrogen and oxygen atoms in total. The fraction of sp³-hybridized carbons (Fsp3) is 0.562. The first-order valence-corrected chi connectivity index (χ1v) is 7.87. The van der Waals surface area contributed by atoms with Crippen LogP contribution in [0.15, 0.2) is 18.2 Å². The van der Waals surface area contributed by atoms with Gasteiger partial charge in [0.2, 0.25) is 0 Å². The van der Waals surface area contributed by atoms with Crippen LogP contribution in [0.2, 0.25) is 0 Å². The number of rotatable bonds is 8. The van der Waals surface area contributed by atoms with Crippen molar-refractivity contribution in [2.75, 3.05) is 54.1 Å². The standard InChI is InChI=1S/C16H23NO5S/c1-18-11-21-14-4-3-13(15(10-14)22-12-19-2)9-16(23)17-5-7-20-8-6-17/h3-4,10H,5-9,11-12H2,1-2H3. The molecule has 0 N–H and O–H groups in total. The molecule has 128 valence electrons. The molecule has 0 unspecified atom stereocenters. The highest BCUT2D eigenvalue weighted by Crippen LogP contribution is 2.26. The van der Waals surface area contributed by atoms with Crippen LogP contribution in [0.3, 0.4) is 0 Å². The third-order valence-electron chi connectivity index (χ3n) is 3.42. The summed E-state index contributed by atoms with van der Waals surface area (Å²) in [6.45, 7) is 3.47. The number of hydrogen-bond acceptors (Lipinski definition) is 6. The molecular formula is C16H23NO5S. The molecule has 0 atom stereocenters. The van der Waals surface area contributed by atoms with Crippen molar-refractivity contribution in [2.45, 2.75) is 6.42 Å². The molecule has 0 radical (unpaired) electrons. The molecule has 0 spiro atoms. The maximum atomic E-state index is 5.65. The minimum absolute atomic E-state index is 0.172. The van der Waals surface area contributed by atoms with Gasteiger partial charge in [-0.2, -0.15) is 0 Å². The highest BCUT2D eigenvalue weighted by molar-refractivity contribution is 7.80. The van der Waals surface area contributed by atoms with Gasteiger partial charge in [-0.3, -0.25) is 0 Å². The molecule has 1 fully saturated rings. The number of nitrogens with zero attached hydrogens (tertiary/aromatic N) is 1. The highest BCUT2D eigenvalue weighted by Gasteiger charge is 2.16. The minimum atomic E-state index is 0.172. The van der Waals surface area contributed by atoms with E-state index in [0.29, 0.717) is 17.9 Å². The van der Waals surface area contributed by atoms with Crippen LogP contribution in [0.4, 0.5) is 0 Å². The van der Waals surface area contributed by atoms with Gasteiger partial charge in [0.1, 0.15) is 11.5 Å². The molecule has 7 heteroatoms. The lowest BCUT2D eigenvalue weighted by atomic mass is 10.1. The van der Waals surface area contributed by atoms with Crippen LogP contribution in [0, 0.1) is 0 Å². The Hall–Kier alpha value is -1.41. The minimum Gasteiger partial charge on any atom is -0.467 e. The fourth-order valence-electron chi connectivity index (χ4n) is 2.24. The van der Waals surface area contributed by atoms with Crippen LogP contribution >= 0.6 is 12.2 Å². The van der Waals surface area contributed by atoms with Gasteiger partial charge in [0, 0.05) is 45.4 Å². The molecule has 1 aromatic carbocycles. The maximum Gasteiger partial charge on any atom is 0.188 e. The normalized spacial score (nSPS) is 14.6. The SMILES string of the molecule is COCOc1ccc(CC(=S)N2CCOCC2)c(OCOC)c1. The van der Waals surface area contributed by atoms with Crippen LogP contribution in [0.25, 0.3) is 0 Å². The zero-order chi connectivity index (χ0) is 16.5. The monoisotopic (exact) mass is 341 g/mol. The molecule has 0 amide bonds. The van der Waals surface area contributed by atoms with Crippen molar-refractivity contribution in [1.82, 2.24) is 4.90 Å². The van der Waals surface area contributed by atoms with Crippen molar-refractivity contribution in [1.29, 1.82) is 0 Å². The summed E-state index contributed by atoms with van der Waals surface area (Å²) in [6.07, 6.45) is 0.638. The summed E-state index contributed by atoms with van der Waals surface area (Å²) in [5.41, 5.74) is 1.00. The first-order valence-electron chi connectivity index (χ1n) is 7.46. The Bertz CT molecular complexity index is 505. The van der Waals surface area contributed by atoms with Crippen molar-refractivity contribution in [2.24, 2.45) is 0 Å². The molecule has 0 aliphatic carbocycles. The van der Waals surface area contributed by atoms with Crippen molar-refractivity contribution in [3.8, 4) is 11.5 Å². The summed E-state index contributed by atoms with van der Waals surface area (Å²) in [5.74, 6) is 1.38. The lowest BCUT2D eigenvalue weighted by Crippen LogP contribution is -2.40. The van der Waals surface area contributed by atoms with Gasteiger partial charge in [-0.05, 0) is 6.07 Å². The zero-order valence-electron chi connectivity index (χ0n) is 13.6. The number of ether oxygens (including phenoxy) is 5. The van der Waals surface area contributed by atoms with E-state index in [-0.39, 0.29) is 13.6 Å². The second-order valence-electron chi connectivity index (χ2n) is 5.04. The largest absolute Gasteiger partial charge is 0.467 e. The maximum absolute atomic E-state index is 5.65. The predicted octanol–water partition coefficient (Wildman–Crippen LogP) is 1.85. The van der Waals surface area contributed by atoms with E-state index in [2.05, 4.69) is 4.90 Å². The summed E-state index contributed by atoms with van der Waals surface area (Å²) in [4.78, 5) is 3.06. The van der Waals surface area contributed by atoms with E-state index >= 15 is 0 Å². The van der Waals surface area contributed by atoms with Crippen LogP contribution in [0.1, 0.15) is 5.56 Å². The van der Waals surface area contributed by atoms with Gasteiger partial charge in [0.25, 0.3) is 0 Å². The molecule has 1 aromatic rings. The first-order chi connectivity index (χ1) is 11.2. The van der Waals surface area contributed by atoms with Crippen molar-refractivity contribution >= 4 is 17.2 Å². The molecule has 0 saturated carbocycles. The van der Waals surface area contributed by atoms with E-state index in [1.165, 1.54) is 0 Å². The molecule has 0 aromatic heterocycles. The zero-order valence-corrected chi connectivity index (χ0v) is 14.4. The van der Waals surface area contributed by atoms with E-state index in [1.807, 2.05) is 18.2 Å². The van der Waals surface area contributed by atoms with Gasteiger partial charge in [-0.25, -0.2) is 0 Å². The van der Waals surface area contributed by atoms with Gasteiger partial charge in [-0.15, -0.1) is 0 Å². The number of methoxy groups -OCH3 is 2. The second-order valence-corrected chi connectivity index (χ2v) is 5.51. The van der Waals surface area contributed by atoms with Crippen LogP contribution in [-0.2, 0) is 20.6 Å². The predicted molar refractivity (Wildman–Crippen MR) is 90.1 cm³/mol. The van der Waals surface area contributed by atoms with Gasteiger partial charge in [-0.1, -0.05) is 18.3 Å². The molecule has 2 rings (SSSR count). The second kappa shape index (κ2) is 9.67. The molecule has 23 heavy (non-hydrogen) atoms.